The highest BCUT2D eigenvalue weighted by molar-refractivity contribution is 14.0. The van der Waals surface area contributed by atoms with Crippen LogP contribution >= 0.6 is 24.0 Å². The van der Waals surface area contributed by atoms with Gasteiger partial charge >= 0.3 is 0 Å². The van der Waals surface area contributed by atoms with E-state index in [9.17, 15) is 4.79 Å². The Kier molecular flexibility index (Phi) is 11.7. The standard InChI is InChI=1S/C22H37N5O3.HI/c1-18(2)25-21(28)17-26-10-12-27(13-11-26)22(23-9-8-19-7-5-15-29-19)24-16-20-6-3-4-14-30-20;/h5,7,15,18,20H,3-4,6,8-14,16-17H2,1-2H3,(H,23,24)(H,25,28);1H. The maximum Gasteiger partial charge on any atom is 0.234 e. The number of halogens is 1. The number of piperazine rings is 1. The summed E-state index contributed by atoms with van der Waals surface area (Å²) in [6.07, 6.45) is 6.21. The van der Waals surface area contributed by atoms with Crippen molar-refractivity contribution in [2.45, 2.75) is 51.7 Å². The van der Waals surface area contributed by atoms with Gasteiger partial charge in [-0.25, -0.2) is 0 Å². The van der Waals surface area contributed by atoms with Crippen LogP contribution in [0.25, 0.3) is 0 Å². The van der Waals surface area contributed by atoms with Gasteiger partial charge in [-0.2, -0.15) is 0 Å². The Morgan fingerprint density at radius 1 is 1.26 bits per heavy atom. The molecule has 31 heavy (non-hydrogen) atoms. The van der Waals surface area contributed by atoms with Crippen LogP contribution in [-0.4, -0.2) is 86.2 Å². The quantitative estimate of drug-likeness (QED) is 0.295. The number of furan rings is 1. The van der Waals surface area contributed by atoms with E-state index in [1.54, 1.807) is 6.26 Å². The van der Waals surface area contributed by atoms with Crippen LogP contribution in [0.1, 0.15) is 38.9 Å². The van der Waals surface area contributed by atoms with Gasteiger partial charge in [0.25, 0.3) is 0 Å². The molecule has 1 amide bonds. The van der Waals surface area contributed by atoms with Crippen molar-refractivity contribution in [2.75, 3.05) is 52.4 Å². The minimum absolute atomic E-state index is 0. The Balaban J connectivity index is 0.00000341. The Hall–Kier alpha value is -1.33. The molecule has 1 unspecified atom stereocenters. The smallest absolute Gasteiger partial charge is 0.234 e. The number of aliphatic imine (C=N–C) groups is 1. The number of amides is 1. The summed E-state index contributed by atoms with van der Waals surface area (Å²) >= 11 is 0. The number of carbonyl (C=O) groups is 1. The first-order valence-corrected chi connectivity index (χ1v) is 11.3. The number of nitrogens with one attached hydrogen (secondary N) is 2. The van der Waals surface area contributed by atoms with Crippen molar-refractivity contribution in [1.29, 1.82) is 0 Å². The Labute approximate surface area is 203 Å². The molecule has 1 atom stereocenters. The number of guanidine groups is 1. The summed E-state index contributed by atoms with van der Waals surface area (Å²) < 4.78 is 11.3. The lowest BCUT2D eigenvalue weighted by Crippen LogP contribution is -2.54. The fourth-order valence-electron chi connectivity index (χ4n) is 3.85. The summed E-state index contributed by atoms with van der Waals surface area (Å²) in [7, 11) is 0. The fraction of sp³-hybridized carbons (Fsp3) is 0.727. The van der Waals surface area contributed by atoms with Gasteiger partial charge in [0.05, 0.1) is 25.5 Å². The van der Waals surface area contributed by atoms with E-state index in [1.165, 1.54) is 6.42 Å². The van der Waals surface area contributed by atoms with Gasteiger partial charge in [-0.1, -0.05) is 0 Å². The molecule has 1 aromatic rings. The van der Waals surface area contributed by atoms with Crippen LogP contribution in [0, 0.1) is 0 Å². The van der Waals surface area contributed by atoms with Crippen LogP contribution in [0.2, 0.25) is 0 Å². The normalized spacial score (nSPS) is 20.4. The van der Waals surface area contributed by atoms with Crippen molar-refractivity contribution >= 4 is 35.8 Å². The van der Waals surface area contributed by atoms with Gasteiger partial charge in [-0.15, -0.1) is 24.0 Å². The van der Waals surface area contributed by atoms with Crippen LogP contribution in [0.15, 0.2) is 27.8 Å². The van der Waals surface area contributed by atoms with E-state index in [0.717, 1.165) is 70.3 Å². The molecule has 0 aromatic carbocycles. The molecule has 0 bridgehead atoms. The molecule has 2 aliphatic heterocycles. The van der Waals surface area contributed by atoms with E-state index in [-0.39, 0.29) is 42.0 Å². The third-order valence-corrected chi connectivity index (χ3v) is 5.44. The predicted octanol–water partition coefficient (Wildman–Crippen LogP) is 2.10. The lowest BCUT2D eigenvalue weighted by Gasteiger charge is -2.36. The largest absolute Gasteiger partial charge is 0.469 e. The molecule has 2 fully saturated rings. The lowest BCUT2D eigenvalue weighted by atomic mass is 10.1. The fourth-order valence-corrected chi connectivity index (χ4v) is 3.85. The molecule has 2 saturated heterocycles. The Morgan fingerprint density at radius 2 is 2.06 bits per heavy atom. The molecule has 1 aromatic heterocycles. The molecule has 0 aliphatic carbocycles. The first kappa shape index (κ1) is 25.9. The number of nitrogens with zero attached hydrogens (tertiary/aromatic N) is 3. The minimum Gasteiger partial charge on any atom is -0.469 e. The van der Waals surface area contributed by atoms with Gasteiger partial charge in [0, 0.05) is 51.8 Å². The van der Waals surface area contributed by atoms with Gasteiger partial charge in [0.1, 0.15) is 5.76 Å². The maximum absolute atomic E-state index is 12.0. The zero-order chi connectivity index (χ0) is 21.2. The second-order valence-electron chi connectivity index (χ2n) is 8.39. The van der Waals surface area contributed by atoms with Crippen molar-refractivity contribution in [3.05, 3.63) is 24.2 Å². The molecule has 0 radical (unpaired) electrons. The van der Waals surface area contributed by atoms with Gasteiger partial charge in [-0.3, -0.25) is 14.7 Å². The third-order valence-electron chi connectivity index (χ3n) is 5.44. The van der Waals surface area contributed by atoms with Crippen LogP contribution < -0.4 is 10.6 Å². The summed E-state index contributed by atoms with van der Waals surface area (Å²) in [6.45, 7) is 10.2. The zero-order valence-corrected chi connectivity index (χ0v) is 21.2. The first-order chi connectivity index (χ1) is 14.6. The third kappa shape index (κ3) is 9.36. The zero-order valence-electron chi connectivity index (χ0n) is 18.8. The molecule has 8 nitrogen and oxygen atoms in total. The highest BCUT2D eigenvalue weighted by Gasteiger charge is 2.22. The molecule has 176 valence electrons. The highest BCUT2D eigenvalue weighted by atomic mass is 127. The van der Waals surface area contributed by atoms with E-state index in [4.69, 9.17) is 14.1 Å². The summed E-state index contributed by atoms with van der Waals surface area (Å²) in [5, 5.41) is 6.48. The molecule has 0 spiro atoms. The highest BCUT2D eigenvalue weighted by Crippen LogP contribution is 2.13. The van der Waals surface area contributed by atoms with Crippen LogP contribution in [-0.2, 0) is 16.0 Å². The van der Waals surface area contributed by atoms with Crippen molar-refractivity contribution in [1.82, 2.24) is 20.4 Å². The summed E-state index contributed by atoms with van der Waals surface area (Å²) in [5.74, 6) is 2.00. The second-order valence-corrected chi connectivity index (χ2v) is 8.39. The topological polar surface area (TPSA) is 82.3 Å². The SMILES string of the molecule is CC(C)NC(=O)CN1CCN(C(=NCC2CCCCO2)NCCc2ccco2)CC1.I. The minimum atomic E-state index is 0. The van der Waals surface area contributed by atoms with E-state index >= 15 is 0 Å². The molecular weight excluding hydrogens is 509 g/mol. The average Bonchev–Trinajstić information content (AvgIpc) is 3.25. The van der Waals surface area contributed by atoms with E-state index < -0.39 is 0 Å². The van der Waals surface area contributed by atoms with Gasteiger partial charge in [0.2, 0.25) is 5.91 Å². The van der Waals surface area contributed by atoms with Crippen molar-refractivity contribution < 1.29 is 13.9 Å². The molecule has 3 rings (SSSR count). The molecule has 0 saturated carbocycles. The molecule has 9 heteroatoms. The average molecular weight is 547 g/mol. The van der Waals surface area contributed by atoms with Crippen molar-refractivity contribution in [3.8, 4) is 0 Å². The van der Waals surface area contributed by atoms with Gasteiger partial charge < -0.3 is 24.7 Å². The molecule has 2 aliphatic rings. The number of hydrogen-bond donors (Lipinski definition) is 2. The van der Waals surface area contributed by atoms with Crippen molar-refractivity contribution in [3.63, 3.8) is 0 Å². The summed E-state index contributed by atoms with van der Waals surface area (Å²) in [6, 6.07) is 4.09. The number of hydrogen-bond acceptors (Lipinski definition) is 5. The van der Waals surface area contributed by atoms with Crippen LogP contribution in [0.5, 0.6) is 0 Å². The van der Waals surface area contributed by atoms with Crippen molar-refractivity contribution in [2.24, 2.45) is 4.99 Å². The molecule has 3 heterocycles. The van der Waals surface area contributed by atoms with E-state index in [2.05, 4.69) is 20.4 Å². The molecule has 2 N–H and O–H groups in total. The lowest BCUT2D eigenvalue weighted by molar-refractivity contribution is -0.123. The summed E-state index contributed by atoms with van der Waals surface area (Å²) in [4.78, 5) is 21.4. The Bertz CT molecular complexity index is 654. The van der Waals surface area contributed by atoms with Crippen LogP contribution in [0.3, 0.4) is 0 Å². The first-order valence-electron chi connectivity index (χ1n) is 11.3. The predicted molar refractivity (Wildman–Crippen MR) is 133 cm³/mol. The van der Waals surface area contributed by atoms with Crippen LogP contribution in [0.4, 0.5) is 0 Å². The van der Waals surface area contributed by atoms with Gasteiger partial charge in [-0.05, 0) is 45.2 Å². The monoisotopic (exact) mass is 547 g/mol. The molecular formula is C22H38IN5O3. The summed E-state index contributed by atoms with van der Waals surface area (Å²) in [5.41, 5.74) is 0. The number of rotatable bonds is 8. The Morgan fingerprint density at radius 3 is 2.71 bits per heavy atom. The maximum atomic E-state index is 12.0. The van der Waals surface area contributed by atoms with E-state index in [0.29, 0.717) is 13.1 Å². The second kappa shape index (κ2) is 13.9. The van der Waals surface area contributed by atoms with Gasteiger partial charge in [0.15, 0.2) is 5.96 Å². The number of ether oxygens (including phenoxy) is 1. The number of carbonyl (C=O) groups excluding carboxylic acids is 1. The van der Waals surface area contributed by atoms with E-state index in [1.807, 2.05) is 26.0 Å².